The van der Waals surface area contributed by atoms with Gasteiger partial charge in [-0.15, -0.1) is 0 Å². The van der Waals surface area contributed by atoms with Gasteiger partial charge in [0.2, 0.25) is 0 Å². The Morgan fingerprint density at radius 3 is 2.75 bits per heavy atom. The van der Waals surface area contributed by atoms with Crippen LogP contribution in [0, 0.1) is 10.1 Å². The highest BCUT2D eigenvalue weighted by atomic mass is 79.9. The Morgan fingerprint density at radius 1 is 1.29 bits per heavy atom. The van der Waals surface area contributed by atoms with Gasteiger partial charge in [-0.3, -0.25) is 15.1 Å². The number of pyridine rings is 1. The van der Waals surface area contributed by atoms with E-state index in [1.807, 2.05) is 12.1 Å². The number of halogens is 1. The molecule has 0 bridgehead atoms. The summed E-state index contributed by atoms with van der Waals surface area (Å²) in [5, 5.41) is 15.1. The highest BCUT2D eigenvalue weighted by Gasteiger charge is 2.20. The molecule has 0 saturated carbocycles. The molecule has 8 nitrogen and oxygen atoms in total. The Morgan fingerprint density at radius 2 is 2.07 bits per heavy atom. The second-order valence-corrected chi connectivity index (χ2v) is 6.61. The first-order valence-corrected chi connectivity index (χ1v) is 9.08. The average Bonchev–Trinajstić information content (AvgIpc) is 2.68. The molecule has 3 aromatic rings. The number of benzene rings is 2. The smallest absolute Gasteiger partial charge is 0.341 e. The molecule has 1 heterocycles. The van der Waals surface area contributed by atoms with Gasteiger partial charge in [0.05, 0.1) is 29.8 Å². The number of aromatic nitrogens is 1. The maximum absolute atomic E-state index is 12.4. The molecule has 0 amide bonds. The first-order chi connectivity index (χ1) is 13.4. The lowest BCUT2D eigenvalue weighted by Gasteiger charge is -2.15. The van der Waals surface area contributed by atoms with E-state index in [2.05, 4.69) is 26.2 Å². The van der Waals surface area contributed by atoms with Gasteiger partial charge in [-0.25, -0.2) is 4.79 Å². The Hall–Kier alpha value is -3.20. The molecule has 0 atom stereocenters. The lowest BCUT2D eigenvalue weighted by Crippen LogP contribution is -2.09. The molecule has 0 radical (unpaired) electrons. The zero-order valence-electron chi connectivity index (χ0n) is 15.1. The summed E-state index contributed by atoms with van der Waals surface area (Å²) < 4.78 is 11.0. The summed E-state index contributed by atoms with van der Waals surface area (Å²) in [5.41, 5.74) is 1.56. The van der Waals surface area contributed by atoms with E-state index >= 15 is 0 Å². The van der Waals surface area contributed by atoms with Gasteiger partial charge in [-0.05, 0) is 37.3 Å². The van der Waals surface area contributed by atoms with Gasteiger partial charge in [-0.2, -0.15) is 0 Å². The van der Waals surface area contributed by atoms with E-state index in [-0.39, 0.29) is 23.6 Å². The number of hydrogen-bond acceptors (Lipinski definition) is 7. The average molecular weight is 446 g/mol. The minimum Gasteiger partial charge on any atom is -0.490 e. The number of esters is 1. The van der Waals surface area contributed by atoms with Gasteiger partial charge in [-0.1, -0.05) is 15.9 Å². The van der Waals surface area contributed by atoms with Gasteiger partial charge in [0.25, 0.3) is 0 Å². The molecule has 0 spiro atoms. The number of nitro benzene ring substituents is 1. The van der Waals surface area contributed by atoms with Gasteiger partial charge in [0.1, 0.15) is 5.56 Å². The maximum atomic E-state index is 12.4. The molecule has 0 saturated heterocycles. The molecular weight excluding hydrogens is 430 g/mol. The third-order valence-electron chi connectivity index (χ3n) is 3.97. The number of nitro groups is 1. The summed E-state index contributed by atoms with van der Waals surface area (Å²) >= 11 is 3.42. The molecule has 3 rings (SSSR count). The molecule has 0 unspecified atom stereocenters. The van der Waals surface area contributed by atoms with Gasteiger partial charge in [0.15, 0.2) is 5.75 Å². The van der Waals surface area contributed by atoms with Crippen LogP contribution < -0.4 is 10.1 Å². The topological polar surface area (TPSA) is 104 Å². The van der Waals surface area contributed by atoms with Crippen LogP contribution in [0.15, 0.2) is 47.1 Å². The van der Waals surface area contributed by atoms with Crippen molar-refractivity contribution in [3.8, 4) is 5.75 Å². The van der Waals surface area contributed by atoms with Crippen molar-refractivity contribution in [2.75, 3.05) is 19.0 Å². The van der Waals surface area contributed by atoms with Crippen LogP contribution in [0.25, 0.3) is 10.9 Å². The summed E-state index contributed by atoms with van der Waals surface area (Å²) in [4.78, 5) is 27.5. The zero-order chi connectivity index (χ0) is 20.3. The number of carbonyl (C=O) groups is 1. The molecule has 28 heavy (non-hydrogen) atoms. The monoisotopic (exact) mass is 445 g/mol. The first-order valence-electron chi connectivity index (χ1n) is 8.29. The molecule has 1 aromatic heterocycles. The van der Waals surface area contributed by atoms with E-state index in [0.29, 0.717) is 22.3 Å². The lowest BCUT2D eigenvalue weighted by molar-refractivity contribution is -0.385. The quantitative estimate of drug-likeness (QED) is 0.329. The summed E-state index contributed by atoms with van der Waals surface area (Å²) in [6, 6.07) is 9.91. The van der Waals surface area contributed by atoms with Crippen molar-refractivity contribution in [2.45, 2.75) is 6.92 Å². The van der Waals surface area contributed by atoms with Crippen LogP contribution in [-0.2, 0) is 4.74 Å². The number of nitrogens with zero attached hydrogens (tertiary/aromatic N) is 2. The molecule has 0 fully saturated rings. The van der Waals surface area contributed by atoms with Gasteiger partial charge >= 0.3 is 11.7 Å². The lowest BCUT2D eigenvalue weighted by atomic mass is 10.1. The first kappa shape index (κ1) is 19.6. The normalized spacial score (nSPS) is 10.5. The number of methoxy groups -OCH3 is 1. The minimum absolute atomic E-state index is 0.142. The highest BCUT2D eigenvalue weighted by Crippen LogP contribution is 2.35. The van der Waals surface area contributed by atoms with Crippen LogP contribution >= 0.6 is 15.9 Å². The van der Waals surface area contributed by atoms with Gasteiger partial charge in [0, 0.05) is 27.8 Å². The van der Waals surface area contributed by atoms with E-state index in [9.17, 15) is 14.9 Å². The number of carbonyl (C=O) groups excluding carboxylic acids is 1. The fraction of sp³-hybridized carbons (Fsp3) is 0.158. The predicted octanol–water partition coefficient (Wildman–Crippen LogP) is 4.83. The van der Waals surface area contributed by atoms with Crippen LogP contribution in [0.4, 0.5) is 17.1 Å². The van der Waals surface area contributed by atoms with Crippen LogP contribution in [0.5, 0.6) is 5.75 Å². The van der Waals surface area contributed by atoms with Crippen molar-refractivity contribution in [1.29, 1.82) is 0 Å². The number of rotatable bonds is 6. The Kier molecular flexibility index (Phi) is 5.74. The van der Waals surface area contributed by atoms with Crippen LogP contribution in [0.3, 0.4) is 0 Å². The van der Waals surface area contributed by atoms with E-state index in [1.165, 1.54) is 25.4 Å². The number of nitrogens with one attached hydrogen (secondary N) is 1. The summed E-state index contributed by atoms with van der Waals surface area (Å²) in [6.45, 7) is 1.92. The predicted molar refractivity (Wildman–Crippen MR) is 108 cm³/mol. The van der Waals surface area contributed by atoms with Crippen molar-refractivity contribution in [1.82, 2.24) is 4.98 Å². The van der Waals surface area contributed by atoms with Crippen molar-refractivity contribution in [3.63, 3.8) is 0 Å². The second-order valence-electron chi connectivity index (χ2n) is 5.70. The fourth-order valence-electron chi connectivity index (χ4n) is 2.72. The molecule has 0 aliphatic heterocycles. The molecule has 0 aliphatic rings. The Labute approximate surface area is 168 Å². The number of ether oxygens (including phenoxy) is 2. The summed E-state index contributed by atoms with van der Waals surface area (Å²) in [7, 11) is 1.36. The number of anilines is 2. The third kappa shape index (κ3) is 3.89. The van der Waals surface area contributed by atoms with Crippen LogP contribution in [-0.4, -0.2) is 29.6 Å². The van der Waals surface area contributed by atoms with E-state index in [0.717, 1.165) is 4.47 Å². The van der Waals surface area contributed by atoms with E-state index in [1.54, 1.807) is 19.1 Å². The fourth-order valence-corrected chi connectivity index (χ4v) is 3.08. The van der Waals surface area contributed by atoms with E-state index in [4.69, 9.17) is 9.47 Å². The molecule has 1 N–H and O–H groups in total. The van der Waals surface area contributed by atoms with Crippen molar-refractivity contribution < 1.29 is 19.2 Å². The molecule has 2 aromatic carbocycles. The zero-order valence-corrected chi connectivity index (χ0v) is 16.6. The SMILES string of the molecule is CCOC(=O)c1cnc2ccc(Br)cc2c1Nc1ccc(OC)c([N+](=O)[O-])c1. The van der Waals surface area contributed by atoms with Crippen molar-refractivity contribution in [3.05, 3.63) is 62.7 Å². The second kappa shape index (κ2) is 8.22. The van der Waals surface area contributed by atoms with Crippen LogP contribution in [0.2, 0.25) is 0 Å². The van der Waals surface area contributed by atoms with Gasteiger partial charge < -0.3 is 14.8 Å². The van der Waals surface area contributed by atoms with Crippen molar-refractivity contribution in [2.24, 2.45) is 0 Å². The standard InChI is InChI=1S/C19H16BrN3O5/c1-3-28-19(24)14-10-21-15-6-4-11(20)8-13(15)18(14)22-12-5-7-17(27-2)16(9-12)23(25)26/h4-10H,3H2,1-2H3,(H,21,22). The largest absolute Gasteiger partial charge is 0.490 e. The number of fused-ring (bicyclic) bond motifs is 1. The van der Waals surface area contributed by atoms with Crippen molar-refractivity contribution >= 4 is 49.9 Å². The summed E-state index contributed by atoms with van der Waals surface area (Å²) in [5.74, 6) is -0.397. The molecule has 144 valence electrons. The van der Waals surface area contributed by atoms with E-state index < -0.39 is 10.9 Å². The Bertz CT molecular complexity index is 1070. The molecular formula is C19H16BrN3O5. The minimum atomic E-state index is -0.539. The Balaban J connectivity index is 2.16. The van der Waals surface area contributed by atoms with Crippen LogP contribution in [0.1, 0.15) is 17.3 Å². The number of hydrogen-bond donors (Lipinski definition) is 1. The maximum Gasteiger partial charge on any atom is 0.341 e. The molecule has 9 heteroatoms. The summed E-state index contributed by atoms with van der Waals surface area (Å²) in [6.07, 6.45) is 1.43. The highest BCUT2D eigenvalue weighted by molar-refractivity contribution is 9.10. The third-order valence-corrected chi connectivity index (χ3v) is 4.46. The molecule has 0 aliphatic carbocycles.